The number of hydrogen-bond acceptors (Lipinski definition) is 4. The molecule has 1 atom stereocenters. The minimum Gasteiger partial charge on any atom is -0.395 e. The number of nitrogens with one attached hydrogen (secondary N) is 2. The van der Waals surface area contributed by atoms with Crippen LogP contribution in [0.25, 0.3) is 0 Å². The summed E-state index contributed by atoms with van der Waals surface area (Å²) < 4.78 is 0. The van der Waals surface area contributed by atoms with Crippen LogP contribution >= 0.6 is 0 Å². The molecule has 1 aromatic carbocycles. The molecule has 1 aromatic rings. The first kappa shape index (κ1) is 15.9. The monoisotopic (exact) mass is 291 g/mol. The highest BCUT2D eigenvalue weighted by Gasteiger charge is 2.19. The minimum atomic E-state index is 0.00491. The van der Waals surface area contributed by atoms with Crippen LogP contribution in [0, 0.1) is 0 Å². The van der Waals surface area contributed by atoms with Crippen molar-refractivity contribution >= 4 is 5.91 Å². The quantitative estimate of drug-likeness (QED) is 0.647. The van der Waals surface area contributed by atoms with Crippen molar-refractivity contribution in [2.24, 2.45) is 0 Å². The number of aliphatic hydroxyl groups excluding tert-OH is 1. The minimum absolute atomic E-state index is 0.00491. The Morgan fingerprint density at radius 3 is 2.86 bits per heavy atom. The van der Waals surface area contributed by atoms with Gasteiger partial charge in [-0.1, -0.05) is 30.3 Å². The lowest BCUT2D eigenvalue weighted by molar-refractivity contribution is -0.122. The maximum Gasteiger partial charge on any atom is 0.234 e. The SMILES string of the molecule is O=C(CN(CCO)CC1CCCN1)NCc1ccccc1. The van der Waals surface area contributed by atoms with Crippen LogP contribution in [0.3, 0.4) is 0 Å². The number of rotatable bonds is 8. The molecule has 1 saturated heterocycles. The molecule has 2 rings (SSSR count). The maximum absolute atomic E-state index is 12.0. The molecule has 0 radical (unpaired) electrons. The fraction of sp³-hybridized carbons (Fsp3) is 0.562. The van der Waals surface area contributed by atoms with Crippen molar-refractivity contribution in [3.8, 4) is 0 Å². The summed E-state index contributed by atoms with van der Waals surface area (Å²) in [7, 11) is 0. The molecular formula is C16H25N3O2. The Labute approximate surface area is 126 Å². The average molecular weight is 291 g/mol. The topological polar surface area (TPSA) is 64.6 Å². The summed E-state index contributed by atoms with van der Waals surface area (Å²) in [4.78, 5) is 14.0. The van der Waals surface area contributed by atoms with Crippen LogP contribution in [0.4, 0.5) is 0 Å². The van der Waals surface area contributed by atoms with Crippen LogP contribution in [0.15, 0.2) is 30.3 Å². The number of amides is 1. The van der Waals surface area contributed by atoms with Crippen LogP contribution in [-0.4, -0.2) is 54.7 Å². The second-order valence-corrected chi connectivity index (χ2v) is 5.51. The summed E-state index contributed by atoms with van der Waals surface area (Å²) in [6.07, 6.45) is 2.34. The Morgan fingerprint density at radius 1 is 1.38 bits per heavy atom. The Morgan fingerprint density at radius 2 is 2.19 bits per heavy atom. The highest BCUT2D eigenvalue weighted by atomic mass is 16.3. The smallest absolute Gasteiger partial charge is 0.234 e. The van der Waals surface area contributed by atoms with Crippen molar-refractivity contribution in [1.82, 2.24) is 15.5 Å². The van der Waals surface area contributed by atoms with Gasteiger partial charge in [0, 0.05) is 25.7 Å². The van der Waals surface area contributed by atoms with E-state index in [4.69, 9.17) is 5.11 Å². The van der Waals surface area contributed by atoms with E-state index in [1.165, 1.54) is 6.42 Å². The molecule has 1 amide bonds. The van der Waals surface area contributed by atoms with E-state index in [1.807, 2.05) is 35.2 Å². The standard InChI is InChI=1S/C16H25N3O2/c20-10-9-19(12-15-7-4-8-17-15)13-16(21)18-11-14-5-2-1-3-6-14/h1-3,5-6,15,17,20H,4,7-13H2,(H,18,21). The molecule has 0 spiro atoms. The van der Waals surface area contributed by atoms with E-state index >= 15 is 0 Å². The predicted molar refractivity (Wildman–Crippen MR) is 82.8 cm³/mol. The van der Waals surface area contributed by atoms with Gasteiger partial charge in [-0.2, -0.15) is 0 Å². The van der Waals surface area contributed by atoms with Crippen LogP contribution in [-0.2, 0) is 11.3 Å². The Kier molecular flexibility index (Phi) is 6.66. The molecule has 0 saturated carbocycles. The van der Waals surface area contributed by atoms with Crippen LogP contribution in [0.2, 0.25) is 0 Å². The molecule has 3 N–H and O–H groups in total. The molecule has 116 valence electrons. The van der Waals surface area contributed by atoms with Crippen LogP contribution < -0.4 is 10.6 Å². The molecule has 0 aliphatic carbocycles. The van der Waals surface area contributed by atoms with Gasteiger partial charge in [0.05, 0.1) is 13.2 Å². The van der Waals surface area contributed by atoms with Gasteiger partial charge in [0.15, 0.2) is 0 Å². The number of hydrogen-bond donors (Lipinski definition) is 3. The van der Waals surface area contributed by atoms with Gasteiger partial charge in [0.2, 0.25) is 5.91 Å². The van der Waals surface area contributed by atoms with Gasteiger partial charge < -0.3 is 15.7 Å². The molecule has 5 nitrogen and oxygen atoms in total. The average Bonchev–Trinajstić information content (AvgIpc) is 2.99. The van der Waals surface area contributed by atoms with E-state index in [-0.39, 0.29) is 12.5 Å². The molecule has 1 aliphatic rings. The Balaban J connectivity index is 1.74. The second kappa shape index (κ2) is 8.77. The fourth-order valence-corrected chi connectivity index (χ4v) is 2.66. The zero-order valence-electron chi connectivity index (χ0n) is 12.4. The van der Waals surface area contributed by atoms with E-state index in [9.17, 15) is 4.79 Å². The van der Waals surface area contributed by atoms with Crippen molar-refractivity contribution in [1.29, 1.82) is 0 Å². The van der Waals surface area contributed by atoms with Crippen molar-refractivity contribution < 1.29 is 9.90 Å². The number of carbonyl (C=O) groups is 1. The van der Waals surface area contributed by atoms with Gasteiger partial charge in [-0.25, -0.2) is 0 Å². The maximum atomic E-state index is 12.0. The second-order valence-electron chi connectivity index (χ2n) is 5.51. The van der Waals surface area contributed by atoms with Gasteiger partial charge >= 0.3 is 0 Å². The van der Waals surface area contributed by atoms with Crippen molar-refractivity contribution in [2.45, 2.75) is 25.4 Å². The summed E-state index contributed by atoms with van der Waals surface area (Å²) in [6, 6.07) is 10.3. The van der Waals surface area contributed by atoms with Crippen LogP contribution in [0.5, 0.6) is 0 Å². The number of carbonyl (C=O) groups excluding carboxylic acids is 1. The van der Waals surface area contributed by atoms with E-state index < -0.39 is 0 Å². The van der Waals surface area contributed by atoms with Gasteiger partial charge in [0.1, 0.15) is 0 Å². The summed E-state index contributed by atoms with van der Waals surface area (Å²) in [5.74, 6) is 0.00491. The van der Waals surface area contributed by atoms with Gasteiger partial charge in [0.25, 0.3) is 0 Å². The first-order chi connectivity index (χ1) is 10.3. The third-order valence-corrected chi connectivity index (χ3v) is 3.76. The molecular weight excluding hydrogens is 266 g/mol. The summed E-state index contributed by atoms with van der Waals surface area (Å²) >= 11 is 0. The number of benzene rings is 1. The lowest BCUT2D eigenvalue weighted by atomic mass is 10.2. The zero-order valence-corrected chi connectivity index (χ0v) is 12.4. The fourth-order valence-electron chi connectivity index (χ4n) is 2.66. The molecule has 21 heavy (non-hydrogen) atoms. The normalized spacial score (nSPS) is 18.1. The third kappa shape index (κ3) is 5.83. The zero-order chi connectivity index (χ0) is 14.9. The van der Waals surface area contributed by atoms with Crippen LogP contribution in [0.1, 0.15) is 18.4 Å². The molecule has 1 unspecified atom stereocenters. The lowest BCUT2D eigenvalue weighted by Gasteiger charge is -2.24. The van der Waals surface area contributed by atoms with Crippen molar-refractivity contribution in [3.05, 3.63) is 35.9 Å². The molecule has 1 fully saturated rings. The van der Waals surface area contributed by atoms with Gasteiger partial charge in [-0.15, -0.1) is 0 Å². The van der Waals surface area contributed by atoms with E-state index in [1.54, 1.807) is 0 Å². The van der Waals surface area contributed by atoms with E-state index in [2.05, 4.69) is 10.6 Å². The molecule has 5 heteroatoms. The van der Waals surface area contributed by atoms with Gasteiger partial charge in [-0.3, -0.25) is 9.69 Å². The van der Waals surface area contributed by atoms with Crippen molar-refractivity contribution in [3.63, 3.8) is 0 Å². The molecule has 0 bridgehead atoms. The van der Waals surface area contributed by atoms with Gasteiger partial charge in [-0.05, 0) is 24.9 Å². The molecule has 0 aromatic heterocycles. The molecule has 1 heterocycles. The Hall–Kier alpha value is -1.43. The predicted octanol–water partition coefficient (Wildman–Crippen LogP) is 0.349. The summed E-state index contributed by atoms with van der Waals surface area (Å²) in [5.41, 5.74) is 1.09. The van der Waals surface area contributed by atoms with E-state index in [0.29, 0.717) is 25.7 Å². The first-order valence-corrected chi connectivity index (χ1v) is 7.65. The first-order valence-electron chi connectivity index (χ1n) is 7.65. The number of nitrogens with zero attached hydrogens (tertiary/aromatic N) is 1. The van der Waals surface area contributed by atoms with Crippen molar-refractivity contribution in [2.75, 3.05) is 32.8 Å². The molecule has 1 aliphatic heterocycles. The summed E-state index contributed by atoms with van der Waals surface area (Å²) in [5, 5.41) is 15.5. The lowest BCUT2D eigenvalue weighted by Crippen LogP contribution is -2.44. The highest BCUT2D eigenvalue weighted by Crippen LogP contribution is 2.06. The highest BCUT2D eigenvalue weighted by molar-refractivity contribution is 5.78. The third-order valence-electron chi connectivity index (χ3n) is 3.76. The largest absolute Gasteiger partial charge is 0.395 e. The number of aliphatic hydroxyl groups is 1. The Bertz CT molecular complexity index is 419. The summed E-state index contributed by atoms with van der Waals surface area (Å²) in [6.45, 7) is 3.38. The van der Waals surface area contributed by atoms with E-state index in [0.717, 1.165) is 25.1 Å².